The molecular weight excluding hydrogens is 371 g/mol. The van der Waals surface area contributed by atoms with Gasteiger partial charge >= 0.3 is 6.36 Å². The number of benzene rings is 1. The van der Waals surface area contributed by atoms with E-state index in [1.165, 1.54) is 0 Å². The zero-order valence-electron chi connectivity index (χ0n) is 12.7. The summed E-state index contributed by atoms with van der Waals surface area (Å²) in [6, 6.07) is 3.89. The number of hydrogen-bond donors (Lipinski definition) is 0. The maximum absolute atomic E-state index is 12.5. The van der Waals surface area contributed by atoms with E-state index in [0.29, 0.717) is 0 Å². The Bertz CT molecular complexity index is 780. The van der Waals surface area contributed by atoms with Crippen LogP contribution in [0.4, 0.5) is 13.2 Å². The van der Waals surface area contributed by atoms with Gasteiger partial charge < -0.3 is 4.74 Å². The lowest BCUT2D eigenvalue weighted by molar-refractivity contribution is -0.274. The van der Waals surface area contributed by atoms with Crippen LogP contribution in [0.2, 0.25) is 0 Å². The van der Waals surface area contributed by atoms with Crippen LogP contribution in [0.25, 0.3) is 0 Å². The van der Waals surface area contributed by atoms with Gasteiger partial charge in [0.15, 0.2) is 0 Å². The van der Waals surface area contributed by atoms with Crippen LogP contribution in [-0.4, -0.2) is 52.1 Å². The molecule has 0 saturated carbocycles. The monoisotopic (exact) mass is 387 g/mol. The Kier molecular flexibility index (Phi) is 5.17. The highest BCUT2D eigenvalue weighted by Gasteiger charge is 2.34. The van der Waals surface area contributed by atoms with Crippen molar-refractivity contribution < 1.29 is 34.7 Å². The van der Waals surface area contributed by atoms with E-state index in [1.54, 1.807) is 0 Å². The van der Waals surface area contributed by atoms with Gasteiger partial charge in [-0.1, -0.05) is 0 Å². The van der Waals surface area contributed by atoms with Crippen molar-refractivity contribution in [1.82, 2.24) is 4.31 Å². The summed E-state index contributed by atoms with van der Waals surface area (Å²) in [4.78, 5) is -0.171. The van der Waals surface area contributed by atoms with Crippen molar-refractivity contribution in [3.8, 4) is 5.75 Å². The summed E-state index contributed by atoms with van der Waals surface area (Å²) in [5, 5.41) is -0.577. The molecule has 0 atom stereocenters. The zero-order chi connectivity index (χ0) is 18.2. The Morgan fingerprint density at radius 1 is 1.04 bits per heavy atom. The normalized spacial score (nSPS) is 18.5. The number of alkyl halides is 3. The lowest BCUT2D eigenvalue weighted by Gasteiger charge is -2.30. The van der Waals surface area contributed by atoms with E-state index in [9.17, 15) is 30.0 Å². The first-order chi connectivity index (χ1) is 10.9. The van der Waals surface area contributed by atoms with E-state index < -0.39 is 37.2 Å². The molecule has 0 aromatic heterocycles. The highest BCUT2D eigenvalue weighted by atomic mass is 32.2. The topological polar surface area (TPSA) is 80.8 Å². The molecule has 1 saturated heterocycles. The number of nitrogens with zero attached hydrogens (tertiary/aromatic N) is 1. The number of halogens is 3. The van der Waals surface area contributed by atoms with Crippen LogP contribution in [0.15, 0.2) is 29.2 Å². The third-order valence-corrected chi connectivity index (χ3v) is 7.30. The van der Waals surface area contributed by atoms with Gasteiger partial charge in [-0.3, -0.25) is 0 Å². The van der Waals surface area contributed by atoms with Gasteiger partial charge in [0.2, 0.25) is 10.0 Å². The fourth-order valence-corrected chi connectivity index (χ4v) is 5.00. The Labute approximate surface area is 138 Å². The first kappa shape index (κ1) is 19.0. The van der Waals surface area contributed by atoms with Crippen LogP contribution in [0.1, 0.15) is 12.8 Å². The highest BCUT2D eigenvalue weighted by Crippen LogP contribution is 2.27. The number of sulfone groups is 1. The molecule has 136 valence electrons. The van der Waals surface area contributed by atoms with Crippen molar-refractivity contribution in [1.29, 1.82) is 0 Å². The Morgan fingerprint density at radius 2 is 1.54 bits per heavy atom. The molecule has 11 heteroatoms. The quantitative estimate of drug-likeness (QED) is 0.787. The Hall–Kier alpha value is -1.33. The largest absolute Gasteiger partial charge is 0.573 e. The van der Waals surface area contributed by atoms with Crippen LogP contribution in [0.5, 0.6) is 5.75 Å². The molecular formula is C13H16F3NO5S2. The standard InChI is InChI=1S/C13H16F3NO5S2/c1-23(18,19)11-6-8-17(9-7-11)24(20,21)12-4-2-10(3-5-12)22-13(14,15)16/h2-5,11H,6-9H2,1H3. The average molecular weight is 387 g/mol. The molecule has 0 amide bonds. The van der Waals surface area contributed by atoms with Gasteiger partial charge in [-0.2, -0.15) is 4.31 Å². The predicted molar refractivity (Wildman–Crippen MR) is 79.7 cm³/mol. The number of sulfonamides is 1. The van der Waals surface area contributed by atoms with E-state index in [-0.39, 0.29) is 30.8 Å². The van der Waals surface area contributed by atoms with Crippen LogP contribution < -0.4 is 4.74 Å². The lowest BCUT2D eigenvalue weighted by Crippen LogP contribution is -2.42. The maximum atomic E-state index is 12.5. The van der Waals surface area contributed by atoms with Gasteiger partial charge in [0, 0.05) is 19.3 Å². The molecule has 1 fully saturated rings. The second-order valence-electron chi connectivity index (χ2n) is 5.45. The van der Waals surface area contributed by atoms with E-state index >= 15 is 0 Å². The number of ether oxygens (including phenoxy) is 1. The summed E-state index contributed by atoms with van der Waals surface area (Å²) in [5.41, 5.74) is 0. The minimum absolute atomic E-state index is 0.0425. The molecule has 24 heavy (non-hydrogen) atoms. The molecule has 1 heterocycles. The molecule has 1 aromatic rings. The van der Waals surface area contributed by atoms with Crippen molar-refractivity contribution in [2.45, 2.75) is 29.3 Å². The molecule has 1 aromatic carbocycles. The van der Waals surface area contributed by atoms with Crippen molar-refractivity contribution in [3.05, 3.63) is 24.3 Å². The molecule has 0 N–H and O–H groups in total. The van der Waals surface area contributed by atoms with E-state index in [4.69, 9.17) is 0 Å². The van der Waals surface area contributed by atoms with Gasteiger partial charge in [0.1, 0.15) is 15.6 Å². The van der Waals surface area contributed by atoms with E-state index in [1.807, 2.05) is 0 Å². The Morgan fingerprint density at radius 3 is 1.96 bits per heavy atom. The summed E-state index contributed by atoms with van der Waals surface area (Å²) in [5.74, 6) is -0.516. The van der Waals surface area contributed by atoms with Crippen molar-refractivity contribution in [2.24, 2.45) is 0 Å². The van der Waals surface area contributed by atoms with Gasteiger partial charge in [0.05, 0.1) is 10.1 Å². The number of piperidine rings is 1. The molecule has 0 spiro atoms. The van der Waals surface area contributed by atoms with Gasteiger partial charge in [-0.05, 0) is 37.1 Å². The minimum Gasteiger partial charge on any atom is -0.406 e. The van der Waals surface area contributed by atoms with E-state index in [0.717, 1.165) is 34.8 Å². The Balaban J connectivity index is 2.11. The van der Waals surface area contributed by atoms with Gasteiger partial charge in [-0.25, -0.2) is 16.8 Å². The lowest BCUT2D eigenvalue weighted by atomic mass is 10.2. The van der Waals surface area contributed by atoms with Crippen LogP contribution in [0.3, 0.4) is 0 Å². The number of rotatable bonds is 4. The third kappa shape index (κ3) is 4.61. The van der Waals surface area contributed by atoms with Crippen LogP contribution in [0, 0.1) is 0 Å². The minimum atomic E-state index is -4.85. The molecule has 1 aliphatic heterocycles. The van der Waals surface area contributed by atoms with Gasteiger partial charge in [-0.15, -0.1) is 13.2 Å². The SMILES string of the molecule is CS(=O)(=O)C1CCN(S(=O)(=O)c2ccc(OC(F)(F)F)cc2)CC1. The molecule has 1 aliphatic rings. The second-order valence-corrected chi connectivity index (χ2v) is 9.72. The second kappa shape index (κ2) is 6.52. The van der Waals surface area contributed by atoms with Crippen molar-refractivity contribution in [2.75, 3.05) is 19.3 Å². The maximum Gasteiger partial charge on any atom is 0.573 e. The zero-order valence-corrected chi connectivity index (χ0v) is 14.3. The summed E-state index contributed by atoms with van der Waals surface area (Å²) < 4.78 is 89.0. The summed E-state index contributed by atoms with van der Waals surface area (Å²) in [6.07, 6.45) is -3.37. The molecule has 0 aliphatic carbocycles. The van der Waals surface area contributed by atoms with Crippen molar-refractivity contribution >= 4 is 19.9 Å². The molecule has 0 unspecified atom stereocenters. The first-order valence-electron chi connectivity index (χ1n) is 6.94. The summed E-state index contributed by atoms with van der Waals surface area (Å²) >= 11 is 0. The molecule has 0 bridgehead atoms. The highest BCUT2D eigenvalue weighted by molar-refractivity contribution is 7.91. The smallest absolute Gasteiger partial charge is 0.406 e. The van der Waals surface area contributed by atoms with E-state index in [2.05, 4.69) is 4.74 Å². The molecule has 2 rings (SSSR count). The summed E-state index contributed by atoms with van der Waals surface area (Å²) in [7, 11) is -7.12. The van der Waals surface area contributed by atoms with Crippen LogP contribution in [-0.2, 0) is 19.9 Å². The summed E-state index contributed by atoms with van der Waals surface area (Å²) in [6.45, 7) is 0.0851. The van der Waals surface area contributed by atoms with Crippen molar-refractivity contribution in [3.63, 3.8) is 0 Å². The third-order valence-electron chi connectivity index (χ3n) is 3.70. The fraction of sp³-hybridized carbons (Fsp3) is 0.538. The first-order valence-corrected chi connectivity index (χ1v) is 10.3. The average Bonchev–Trinajstić information content (AvgIpc) is 2.45. The van der Waals surface area contributed by atoms with Gasteiger partial charge in [0.25, 0.3) is 0 Å². The molecule has 6 nitrogen and oxygen atoms in total. The fourth-order valence-electron chi connectivity index (χ4n) is 2.46. The molecule has 0 radical (unpaired) electrons. The number of hydrogen-bond acceptors (Lipinski definition) is 5. The van der Waals surface area contributed by atoms with Crippen LogP contribution >= 0.6 is 0 Å². The predicted octanol–water partition coefficient (Wildman–Crippen LogP) is 1.78.